The van der Waals surface area contributed by atoms with Crippen LogP contribution in [0.1, 0.15) is 6.92 Å². The zero-order chi connectivity index (χ0) is 17.8. The third-order valence-electron chi connectivity index (χ3n) is 2.91. The molecule has 2 aromatic rings. The first-order valence-corrected chi connectivity index (χ1v) is 10.4. The van der Waals surface area contributed by atoms with Crippen molar-refractivity contribution in [2.24, 2.45) is 0 Å². The predicted molar refractivity (Wildman–Crippen MR) is 93.3 cm³/mol. The summed E-state index contributed by atoms with van der Waals surface area (Å²) in [6.07, 6.45) is 0.991. The molecule has 7 nitrogen and oxygen atoms in total. The zero-order valence-electron chi connectivity index (χ0n) is 13.2. The van der Waals surface area contributed by atoms with Gasteiger partial charge in [-0.15, -0.1) is 0 Å². The molecule has 24 heavy (non-hydrogen) atoms. The van der Waals surface area contributed by atoms with Gasteiger partial charge in [-0.2, -0.15) is 0 Å². The van der Waals surface area contributed by atoms with E-state index in [1.807, 2.05) is 6.92 Å². The lowest BCUT2D eigenvalue weighted by Gasteiger charge is -2.13. The van der Waals surface area contributed by atoms with Gasteiger partial charge in [0.15, 0.2) is 0 Å². The molecule has 9 heteroatoms. The Bertz CT molecular complexity index is 907. The molecular formula is C15H18N2O5S2. The molecule has 0 aliphatic heterocycles. The number of sulfonamides is 2. The molecule has 0 bridgehead atoms. The van der Waals surface area contributed by atoms with Gasteiger partial charge in [-0.05, 0) is 43.3 Å². The summed E-state index contributed by atoms with van der Waals surface area (Å²) < 4.78 is 57.6. The third-order valence-corrected chi connectivity index (χ3v) is 4.88. The third kappa shape index (κ3) is 4.87. The van der Waals surface area contributed by atoms with Crippen LogP contribution < -0.4 is 14.2 Å². The molecule has 0 heterocycles. The summed E-state index contributed by atoms with van der Waals surface area (Å²) in [5.41, 5.74) is 0.284. The standard InChI is InChI=1S/C15H18N2O5S2/c1-3-22-12-8-10-13(11-9-12)24(20,21)17-15-7-5-4-6-14(15)16-23(2,18)19/h4-11,16-17H,3H2,1-2H3. The topological polar surface area (TPSA) is 102 Å². The maximum Gasteiger partial charge on any atom is 0.261 e. The van der Waals surface area contributed by atoms with E-state index in [-0.39, 0.29) is 16.3 Å². The van der Waals surface area contributed by atoms with Crippen LogP contribution in [0.5, 0.6) is 5.75 Å². The summed E-state index contributed by atoms with van der Waals surface area (Å²) in [5.74, 6) is 0.565. The highest BCUT2D eigenvalue weighted by Gasteiger charge is 2.17. The molecule has 0 atom stereocenters. The number of benzene rings is 2. The molecular weight excluding hydrogens is 352 g/mol. The van der Waals surface area contributed by atoms with E-state index in [1.54, 1.807) is 24.3 Å². The second kappa shape index (κ2) is 7.10. The predicted octanol–water partition coefficient (Wildman–Crippen LogP) is 2.26. The minimum Gasteiger partial charge on any atom is -0.494 e. The van der Waals surface area contributed by atoms with Gasteiger partial charge in [0.05, 0.1) is 29.1 Å². The van der Waals surface area contributed by atoms with Crippen LogP contribution in [0.2, 0.25) is 0 Å². The molecule has 0 aliphatic carbocycles. The Morgan fingerprint density at radius 1 is 0.875 bits per heavy atom. The normalized spacial score (nSPS) is 11.8. The van der Waals surface area contributed by atoms with Crippen LogP contribution in [-0.2, 0) is 20.0 Å². The van der Waals surface area contributed by atoms with E-state index in [4.69, 9.17) is 4.74 Å². The molecule has 0 aliphatic rings. The van der Waals surface area contributed by atoms with Crippen LogP contribution in [0.25, 0.3) is 0 Å². The Morgan fingerprint density at radius 3 is 1.92 bits per heavy atom. The van der Waals surface area contributed by atoms with Crippen LogP contribution in [0.4, 0.5) is 11.4 Å². The molecule has 2 aromatic carbocycles. The highest BCUT2D eigenvalue weighted by Crippen LogP contribution is 2.25. The van der Waals surface area contributed by atoms with Crippen LogP contribution in [0, 0.1) is 0 Å². The molecule has 0 aromatic heterocycles. The van der Waals surface area contributed by atoms with E-state index < -0.39 is 20.0 Å². The largest absolute Gasteiger partial charge is 0.494 e. The molecule has 2 N–H and O–H groups in total. The van der Waals surface area contributed by atoms with Crippen molar-refractivity contribution in [2.75, 3.05) is 22.3 Å². The summed E-state index contributed by atoms with van der Waals surface area (Å²) in [7, 11) is -7.40. The molecule has 0 spiro atoms. The van der Waals surface area contributed by atoms with Crippen LogP contribution >= 0.6 is 0 Å². The maximum absolute atomic E-state index is 12.5. The van der Waals surface area contributed by atoms with Gasteiger partial charge in [-0.1, -0.05) is 12.1 Å². The fourth-order valence-corrected chi connectivity index (χ4v) is 3.60. The SMILES string of the molecule is CCOc1ccc(S(=O)(=O)Nc2ccccc2NS(C)(=O)=O)cc1. The number of ether oxygens (including phenoxy) is 1. The first-order valence-electron chi connectivity index (χ1n) is 7.04. The van der Waals surface area contributed by atoms with Gasteiger partial charge in [0.1, 0.15) is 5.75 Å². The molecule has 2 rings (SSSR count). The van der Waals surface area contributed by atoms with Gasteiger partial charge in [-0.3, -0.25) is 9.44 Å². The summed E-state index contributed by atoms with van der Waals surface area (Å²) in [6.45, 7) is 2.31. The Labute approximate surface area is 141 Å². The number of hydrogen-bond acceptors (Lipinski definition) is 5. The van der Waals surface area contributed by atoms with Gasteiger partial charge < -0.3 is 4.74 Å². The lowest BCUT2D eigenvalue weighted by molar-refractivity contribution is 0.340. The van der Waals surface area contributed by atoms with Crippen molar-refractivity contribution < 1.29 is 21.6 Å². The van der Waals surface area contributed by atoms with Crippen LogP contribution in [0.15, 0.2) is 53.4 Å². The fourth-order valence-electron chi connectivity index (χ4n) is 1.95. The summed E-state index contributed by atoms with van der Waals surface area (Å²) in [4.78, 5) is 0.0418. The molecule has 0 amide bonds. The van der Waals surface area contributed by atoms with E-state index in [9.17, 15) is 16.8 Å². The van der Waals surface area contributed by atoms with Gasteiger partial charge in [0.25, 0.3) is 10.0 Å². The smallest absolute Gasteiger partial charge is 0.261 e. The second-order valence-corrected chi connectivity index (χ2v) is 8.36. The quantitative estimate of drug-likeness (QED) is 0.778. The molecule has 0 unspecified atom stereocenters. The Hall–Kier alpha value is -2.26. The van der Waals surface area contributed by atoms with E-state index in [1.165, 1.54) is 24.3 Å². The first kappa shape index (κ1) is 18.1. The highest BCUT2D eigenvalue weighted by atomic mass is 32.2. The molecule has 0 fully saturated rings. The van der Waals surface area contributed by atoms with Crippen LogP contribution in [-0.4, -0.2) is 29.7 Å². The Morgan fingerprint density at radius 2 is 1.42 bits per heavy atom. The molecule has 0 saturated heterocycles. The fraction of sp³-hybridized carbons (Fsp3) is 0.200. The van der Waals surface area contributed by atoms with Crippen molar-refractivity contribution in [1.82, 2.24) is 0 Å². The first-order chi connectivity index (χ1) is 11.2. The Balaban J connectivity index is 2.29. The monoisotopic (exact) mass is 370 g/mol. The van der Waals surface area contributed by atoms with Crippen molar-refractivity contribution in [2.45, 2.75) is 11.8 Å². The number of nitrogens with one attached hydrogen (secondary N) is 2. The highest BCUT2D eigenvalue weighted by molar-refractivity contribution is 7.93. The van der Waals surface area contributed by atoms with E-state index in [2.05, 4.69) is 9.44 Å². The Kier molecular flexibility index (Phi) is 5.35. The lowest BCUT2D eigenvalue weighted by atomic mass is 10.3. The van der Waals surface area contributed by atoms with Gasteiger partial charge in [0.2, 0.25) is 10.0 Å². The van der Waals surface area contributed by atoms with Crippen molar-refractivity contribution in [3.63, 3.8) is 0 Å². The van der Waals surface area contributed by atoms with Crippen molar-refractivity contribution in [3.05, 3.63) is 48.5 Å². The minimum absolute atomic E-state index is 0.0418. The summed E-state index contributed by atoms with van der Waals surface area (Å²) in [6, 6.07) is 12.1. The van der Waals surface area contributed by atoms with E-state index >= 15 is 0 Å². The lowest BCUT2D eigenvalue weighted by Crippen LogP contribution is -2.16. The van der Waals surface area contributed by atoms with E-state index in [0.717, 1.165) is 6.26 Å². The number of hydrogen-bond donors (Lipinski definition) is 2. The zero-order valence-corrected chi connectivity index (χ0v) is 14.8. The second-order valence-electron chi connectivity index (χ2n) is 4.93. The van der Waals surface area contributed by atoms with Crippen molar-refractivity contribution in [1.29, 1.82) is 0 Å². The molecule has 0 radical (unpaired) electrons. The molecule has 0 saturated carbocycles. The van der Waals surface area contributed by atoms with Gasteiger partial charge in [0, 0.05) is 0 Å². The van der Waals surface area contributed by atoms with Gasteiger partial charge in [-0.25, -0.2) is 16.8 Å². The average molecular weight is 370 g/mol. The molecule has 130 valence electrons. The number of anilines is 2. The minimum atomic E-state index is -3.86. The average Bonchev–Trinajstić information content (AvgIpc) is 2.48. The number of rotatable bonds is 7. The number of para-hydroxylation sites is 2. The van der Waals surface area contributed by atoms with Crippen molar-refractivity contribution >= 4 is 31.4 Å². The summed E-state index contributed by atoms with van der Waals surface area (Å²) in [5, 5.41) is 0. The van der Waals surface area contributed by atoms with Crippen LogP contribution in [0.3, 0.4) is 0 Å². The van der Waals surface area contributed by atoms with E-state index in [0.29, 0.717) is 12.4 Å². The van der Waals surface area contributed by atoms with Crippen molar-refractivity contribution in [3.8, 4) is 5.75 Å². The maximum atomic E-state index is 12.5. The summed E-state index contributed by atoms with van der Waals surface area (Å²) >= 11 is 0. The van der Waals surface area contributed by atoms with Gasteiger partial charge >= 0.3 is 0 Å².